The molecule has 19 heavy (non-hydrogen) atoms. The summed E-state index contributed by atoms with van der Waals surface area (Å²) in [5.41, 5.74) is 0.309. The van der Waals surface area contributed by atoms with Crippen molar-refractivity contribution in [2.75, 3.05) is 4.72 Å². The highest BCUT2D eigenvalue weighted by atomic mass is 79.9. The molecule has 0 aliphatic heterocycles. The Labute approximate surface area is 128 Å². The number of sulfonamides is 1. The number of pyridine rings is 1. The maximum Gasteiger partial charge on any atom is 0.263 e. The lowest BCUT2D eigenvalue weighted by Crippen LogP contribution is -2.13. The van der Waals surface area contributed by atoms with E-state index in [1.54, 1.807) is 6.07 Å². The fourth-order valence-electron chi connectivity index (χ4n) is 1.34. The van der Waals surface area contributed by atoms with Crippen molar-refractivity contribution < 1.29 is 8.42 Å². The van der Waals surface area contributed by atoms with Crippen LogP contribution in [-0.2, 0) is 10.0 Å². The van der Waals surface area contributed by atoms with Crippen molar-refractivity contribution in [1.82, 2.24) is 4.98 Å². The lowest BCUT2D eigenvalue weighted by atomic mass is 10.4. The Balaban J connectivity index is 2.35. The van der Waals surface area contributed by atoms with Crippen LogP contribution >= 0.6 is 39.1 Å². The molecule has 0 saturated heterocycles. The summed E-state index contributed by atoms with van der Waals surface area (Å²) in [4.78, 5) is 3.78. The van der Waals surface area contributed by atoms with E-state index in [1.807, 2.05) is 0 Å². The number of anilines is 1. The van der Waals surface area contributed by atoms with Crippen LogP contribution in [0.4, 0.5) is 5.69 Å². The zero-order chi connectivity index (χ0) is 14.0. The van der Waals surface area contributed by atoms with Gasteiger partial charge in [0.2, 0.25) is 0 Å². The molecule has 0 amide bonds. The number of rotatable bonds is 3. The minimum absolute atomic E-state index is 0.00711. The first-order valence-corrected chi connectivity index (χ1v) is 8.01. The molecule has 0 bridgehead atoms. The van der Waals surface area contributed by atoms with Crippen LogP contribution in [0.15, 0.2) is 45.9 Å². The smallest absolute Gasteiger partial charge is 0.263 e. The number of hydrogen-bond donors (Lipinski definition) is 1. The third kappa shape index (κ3) is 3.60. The zero-order valence-corrected chi connectivity index (χ0v) is 13.2. The Morgan fingerprint density at radius 3 is 2.47 bits per heavy atom. The Kier molecular flexibility index (Phi) is 4.35. The fourth-order valence-corrected chi connectivity index (χ4v) is 3.53. The second-order valence-corrected chi connectivity index (χ2v) is 6.91. The molecule has 0 atom stereocenters. The van der Waals surface area contributed by atoms with E-state index in [0.29, 0.717) is 10.2 Å². The minimum atomic E-state index is -3.76. The SMILES string of the molecule is O=S(=O)(Nc1ccc(Cl)nc1)c1ccc(Br)cc1Cl. The van der Waals surface area contributed by atoms with Gasteiger partial charge in [0, 0.05) is 4.47 Å². The number of nitrogens with one attached hydrogen (secondary N) is 1. The summed E-state index contributed by atoms with van der Waals surface area (Å²) in [7, 11) is -3.76. The average molecular weight is 382 g/mol. The largest absolute Gasteiger partial charge is 0.278 e. The maximum absolute atomic E-state index is 12.1. The highest BCUT2D eigenvalue weighted by Gasteiger charge is 2.18. The van der Waals surface area contributed by atoms with Crippen LogP contribution in [0.25, 0.3) is 0 Å². The van der Waals surface area contributed by atoms with Crippen molar-refractivity contribution >= 4 is 54.8 Å². The standard InChI is InChI=1S/C11H7BrCl2N2O2S/c12-7-1-3-10(9(13)5-7)19(17,18)16-8-2-4-11(14)15-6-8/h1-6,16H. The van der Waals surface area contributed by atoms with Crippen molar-refractivity contribution in [2.45, 2.75) is 4.90 Å². The van der Waals surface area contributed by atoms with E-state index in [9.17, 15) is 8.42 Å². The first-order chi connectivity index (χ1) is 8.88. The van der Waals surface area contributed by atoms with Crippen LogP contribution < -0.4 is 4.72 Å². The molecule has 100 valence electrons. The molecule has 4 nitrogen and oxygen atoms in total. The molecule has 1 aromatic heterocycles. The normalized spacial score (nSPS) is 11.3. The molecular formula is C11H7BrCl2N2O2S. The Hall–Kier alpha value is -0.820. The van der Waals surface area contributed by atoms with Gasteiger partial charge in [0.1, 0.15) is 10.0 Å². The lowest BCUT2D eigenvalue weighted by molar-refractivity contribution is 0.601. The van der Waals surface area contributed by atoms with E-state index in [4.69, 9.17) is 23.2 Å². The summed E-state index contributed by atoms with van der Waals surface area (Å²) < 4.78 is 27.4. The number of nitrogens with zero attached hydrogens (tertiary/aromatic N) is 1. The van der Waals surface area contributed by atoms with E-state index >= 15 is 0 Å². The van der Waals surface area contributed by atoms with Gasteiger partial charge in [-0.1, -0.05) is 39.1 Å². The van der Waals surface area contributed by atoms with Crippen LogP contribution in [0, 0.1) is 0 Å². The van der Waals surface area contributed by atoms with E-state index in [2.05, 4.69) is 25.6 Å². The summed E-state index contributed by atoms with van der Waals surface area (Å²) in [5, 5.41) is 0.411. The van der Waals surface area contributed by atoms with Crippen LogP contribution in [0.2, 0.25) is 10.2 Å². The zero-order valence-electron chi connectivity index (χ0n) is 9.27. The number of hydrogen-bond acceptors (Lipinski definition) is 3. The number of aromatic nitrogens is 1. The van der Waals surface area contributed by atoms with E-state index in [1.165, 1.54) is 30.5 Å². The minimum Gasteiger partial charge on any atom is -0.278 e. The van der Waals surface area contributed by atoms with Gasteiger partial charge in [-0.05, 0) is 30.3 Å². The maximum atomic E-state index is 12.1. The third-order valence-corrected chi connectivity index (χ3v) is 4.74. The molecular weight excluding hydrogens is 375 g/mol. The van der Waals surface area contributed by atoms with Gasteiger partial charge in [-0.15, -0.1) is 0 Å². The van der Waals surface area contributed by atoms with Gasteiger partial charge in [-0.25, -0.2) is 13.4 Å². The Bertz CT molecular complexity index is 705. The second-order valence-electron chi connectivity index (χ2n) is 3.55. The van der Waals surface area contributed by atoms with Gasteiger partial charge in [0.05, 0.1) is 16.9 Å². The highest BCUT2D eigenvalue weighted by Crippen LogP contribution is 2.26. The lowest BCUT2D eigenvalue weighted by Gasteiger charge is -2.09. The predicted octanol–water partition coefficient (Wildman–Crippen LogP) is 3.95. The first kappa shape index (κ1) is 14.6. The molecule has 2 rings (SSSR count). The molecule has 2 aromatic rings. The van der Waals surface area contributed by atoms with Crippen LogP contribution in [0.5, 0.6) is 0 Å². The number of benzene rings is 1. The van der Waals surface area contributed by atoms with Crippen molar-refractivity contribution in [1.29, 1.82) is 0 Å². The summed E-state index contributed by atoms with van der Waals surface area (Å²) in [6.45, 7) is 0. The van der Waals surface area contributed by atoms with Gasteiger partial charge >= 0.3 is 0 Å². The average Bonchev–Trinajstić information content (AvgIpc) is 2.31. The Morgan fingerprint density at radius 1 is 1.16 bits per heavy atom. The van der Waals surface area contributed by atoms with E-state index in [0.717, 1.165) is 0 Å². The summed E-state index contributed by atoms with van der Waals surface area (Å²) in [6.07, 6.45) is 1.33. The van der Waals surface area contributed by atoms with Crippen LogP contribution in [-0.4, -0.2) is 13.4 Å². The van der Waals surface area contributed by atoms with Gasteiger partial charge < -0.3 is 0 Å². The van der Waals surface area contributed by atoms with E-state index < -0.39 is 10.0 Å². The molecule has 8 heteroatoms. The summed E-state index contributed by atoms with van der Waals surface area (Å²) in [5.74, 6) is 0. The first-order valence-electron chi connectivity index (χ1n) is 4.98. The summed E-state index contributed by atoms with van der Waals surface area (Å²) >= 11 is 14.8. The molecule has 1 heterocycles. The topological polar surface area (TPSA) is 59.1 Å². The van der Waals surface area contributed by atoms with Gasteiger partial charge in [0.15, 0.2) is 0 Å². The van der Waals surface area contributed by atoms with E-state index in [-0.39, 0.29) is 15.1 Å². The van der Waals surface area contributed by atoms with Crippen molar-refractivity contribution in [2.24, 2.45) is 0 Å². The molecule has 0 fully saturated rings. The third-order valence-electron chi connectivity index (χ3n) is 2.16. The number of halogens is 3. The van der Waals surface area contributed by atoms with Gasteiger partial charge in [0.25, 0.3) is 10.0 Å². The summed E-state index contributed by atoms with van der Waals surface area (Å²) in [6, 6.07) is 7.52. The quantitative estimate of drug-likeness (QED) is 0.818. The molecule has 0 radical (unpaired) electrons. The highest BCUT2D eigenvalue weighted by molar-refractivity contribution is 9.10. The van der Waals surface area contributed by atoms with Crippen molar-refractivity contribution in [3.05, 3.63) is 51.2 Å². The molecule has 0 unspecified atom stereocenters. The second kappa shape index (κ2) is 5.66. The Morgan fingerprint density at radius 2 is 1.89 bits per heavy atom. The van der Waals surface area contributed by atoms with Crippen LogP contribution in [0.3, 0.4) is 0 Å². The monoisotopic (exact) mass is 380 g/mol. The fraction of sp³-hybridized carbons (Fsp3) is 0. The molecule has 0 saturated carbocycles. The molecule has 0 aliphatic rings. The molecule has 1 aromatic carbocycles. The van der Waals surface area contributed by atoms with Crippen LogP contribution in [0.1, 0.15) is 0 Å². The van der Waals surface area contributed by atoms with Crippen molar-refractivity contribution in [3.8, 4) is 0 Å². The molecule has 0 spiro atoms. The van der Waals surface area contributed by atoms with Gasteiger partial charge in [-0.2, -0.15) is 0 Å². The van der Waals surface area contributed by atoms with Gasteiger partial charge in [-0.3, -0.25) is 4.72 Å². The molecule has 0 aliphatic carbocycles. The van der Waals surface area contributed by atoms with Crippen molar-refractivity contribution in [3.63, 3.8) is 0 Å². The predicted molar refractivity (Wildman–Crippen MR) is 79.2 cm³/mol. The molecule has 1 N–H and O–H groups in total.